The monoisotopic (exact) mass is 321 g/mol. The molecular weight excluding hydrogens is 313 g/mol. The fourth-order valence-electron chi connectivity index (χ4n) is 1.05. The predicted molar refractivity (Wildman–Crippen MR) is 61.5 cm³/mol. The number of esters is 1. The fraction of sp³-hybridized carbons (Fsp3) is 0.222. The van der Waals surface area contributed by atoms with Crippen molar-refractivity contribution in [2.45, 2.75) is 6.42 Å². The average Bonchev–Trinajstić information content (AvgIpc) is 2.20. The lowest BCUT2D eigenvalue weighted by Crippen LogP contribution is -2.05. The van der Waals surface area contributed by atoms with Crippen LogP contribution in [0.15, 0.2) is 18.2 Å². The summed E-state index contributed by atoms with van der Waals surface area (Å²) in [6.45, 7) is 0. The summed E-state index contributed by atoms with van der Waals surface area (Å²) < 4.78 is 5.02. The number of benzene rings is 1. The van der Waals surface area contributed by atoms with Crippen molar-refractivity contribution in [2.75, 3.05) is 7.11 Å². The molecule has 0 heterocycles. The summed E-state index contributed by atoms with van der Waals surface area (Å²) in [6, 6.07) is 4.67. The Balaban J connectivity index is 2.97. The summed E-state index contributed by atoms with van der Waals surface area (Å²) in [7, 11) is 1.28. The van der Waals surface area contributed by atoms with E-state index in [9.17, 15) is 14.9 Å². The van der Waals surface area contributed by atoms with Crippen molar-refractivity contribution in [3.8, 4) is 0 Å². The van der Waals surface area contributed by atoms with E-state index in [2.05, 4.69) is 4.74 Å². The second kappa shape index (κ2) is 5.06. The zero-order chi connectivity index (χ0) is 11.4. The molecule has 0 fully saturated rings. The van der Waals surface area contributed by atoms with E-state index in [1.54, 1.807) is 12.1 Å². The Morgan fingerprint density at radius 2 is 2.27 bits per heavy atom. The summed E-state index contributed by atoms with van der Waals surface area (Å²) in [4.78, 5) is 21.1. The van der Waals surface area contributed by atoms with Crippen molar-refractivity contribution in [3.05, 3.63) is 37.4 Å². The lowest BCUT2D eigenvalue weighted by atomic mass is 10.1. The molecule has 6 heteroatoms. The molecule has 0 N–H and O–H groups in total. The number of carbonyl (C=O) groups excluding carboxylic acids is 1. The molecule has 0 saturated carbocycles. The van der Waals surface area contributed by atoms with Gasteiger partial charge in [0, 0.05) is 6.07 Å². The SMILES string of the molecule is COC(=O)Cc1ccc(I)c([N+](=O)[O-])c1. The molecule has 1 rings (SSSR count). The van der Waals surface area contributed by atoms with Gasteiger partial charge in [0.2, 0.25) is 0 Å². The lowest BCUT2D eigenvalue weighted by molar-refractivity contribution is -0.385. The standard InChI is InChI=1S/C9H8INO4/c1-15-9(12)5-6-2-3-7(10)8(4-6)11(13)14/h2-4H,5H2,1H3. The number of rotatable bonds is 3. The molecule has 15 heavy (non-hydrogen) atoms. The minimum absolute atomic E-state index is 0.0111. The van der Waals surface area contributed by atoms with Crippen molar-refractivity contribution in [1.29, 1.82) is 0 Å². The van der Waals surface area contributed by atoms with Gasteiger partial charge in [0.1, 0.15) is 0 Å². The highest BCUT2D eigenvalue weighted by molar-refractivity contribution is 14.1. The van der Waals surface area contributed by atoms with Crippen molar-refractivity contribution in [2.24, 2.45) is 0 Å². The molecule has 0 spiro atoms. The van der Waals surface area contributed by atoms with Crippen LogP contribution in [0.5, 0.6) is 0 Å². The molecule has 0 radical (unpaired) electrons. The van der Waals surface area contributed by atoms with Gasteiger partial charge in [-0.15, -0.1) is 0 Å². The number of halogens is 1. The van der Waals surface area contributed by atoms with Gasteiger partial charge in [-0.2, -0.15) is 0 Å². The first-order chi connectivity index (χ1) is 7.04. The molecule has 1 aromatic carbocycles. The maximum absolute atomic E-state index is 11.0. The molecule has 0 amide bonds. The van der Waals surface area contributed by atoms with Crippen molar-refractivity contribution >= 4 is 34.2 Å². The van der Waals surface area contributed by atoms with Gasteiger partial charge >= 0.3 is 5.97 Å². The fourth-order valence-corrected chi connectivity index (χ4v) is 1.58. The normalized spacial score (nSPS) is 9.73. The van der Waals surface area contributed by atoms with E-state index in [0.29, 0.717) is 9.13 Å². The first kappa shape index (κ1) is 11.9. The summed E-state index contributed by atoms with van der Waals surface area (Å²) in [5.41, 5.74) is 0.589. The van der Waals surface area contributed by atoms with Crippen LogP contribution >= 0.6 is 22.6 Å². The zero-order valence-electron chi connectivity index (χ0n) is 7.90. The maximum atomic E-state index is 11.0. The molecule has 0 aliphatic rings. The third kappa shape index (κ3) is 3.15. The van der Waals surface area contributed by atoms with E-state index >= 15 is 0 Å². The molecule has 1 aromatic rings. The molecule has 0 atom stereocenters. The van der Waals surface area contributed by atoms with Crippen molar-refractivity contribution in [1.82, 2.24) is 0 Å². The third-order valence-electron chi connectivity index (χ3n) is 1.78. The van der Waals surface area contributed by atoms with E-state index in [1.807, 2.05) is 22.6 Å². The highest BCUT2D eigenvalue weighted by Gasteiger charge is 2.13. The molecule has 5 nitrogen and oxygen atoms in total. The molecule has 0 unspecified atom stereocenters. The summed E-state index contributed by atoms with van der Waals surface area (Å²) in [6.07, 6.45) is 0.0499. The third-order valence-corrected chi connectivity index (χ3v) is 2.70. The maximum Gasteiger partial charge on any atom is 0.309 e. The summed E-state index contributed by atoms with van der Waals surface area (Å²) in [5.74, 6) is -0.412. The van der Waals surface area contributed by atoms with E-state index < -0.39 is 10.9 Å². The van der Waals surface area contributed by atoms with Gasteiger partial charge in [-0.05, 0) is 34.2 Å². The van der Waals surface area contributed by atoms with Gasteiger partial charge in [-0.3, -0.25) is 14.9 Å². The Hall–Kier alpha value is -1.18. The second-order valence-corrected chi connectivity index (χ2v) is 3.96. The van der Waals surface area contributed by atoms with Gasteiger partial charge in [-0.25, -0.2) is 0 Å². The molecule has 0 aromatic heterocycles. The Labute approximate surface area is 99.7 Å². The number of carbonyl (C=O) groups is 1. The molecule has 0 saturated heterocycles. The highest BCUT2D eigenvalue weighted by atomic mass is 127. The molecule has 0 aliphatic carbocycles. The van der Waals surface area contributed by atoms with Crippen LogP contribution in [0.3, 0.4) is 0 Å². The van der Waals surface area contributed by atoms with Crippen LogP contribution in [0, 0.1) is 13.7 Å². The van der Waals surface area contributed by atoms with Gasteiger partial charge in [0.05, 0.1) is 22.0 Å². The number of nitro groups is 1. The van der Waals surface area contributed by atoms with Crippen LogP contribution < -0.4 is 0 Å². The zero-order valence-corrected chi connectivity index (χ0v) is 10.1. The van der Waals surface area contributed by atoms with E-state index in [4.69, 9.17) is 0 Å². The first-order valence-electron chi connectivity index (χ1n) is 4.04. The minimum atomic E-state index is -0.470. The molecular formula is C9H8INO4. The van der Waals surface area contributed by atoms with Crippen molar-refractivity contribution in [3.63, 3.8) is 0 Å². The number of ether oxygens (including phenoxy) is 1. The van der Waals surface area contributed by atoms with E-state index in [1.165, 1.54) is 13.2 Å². The highest BCUT2D eigenvalue weighted by Crippen LogP contribution is 2.22. The molecule has 80 valence electrons. The molecule has 0 aliphatic heterocycles. The smallest absolute Gasteiger partial charge is 0.309 e. The number of methoxy groups -OCH3 is 1. The number of nitrogens with zero attached hydrogens (tertiary/aromatic N) is 1. The van der Waals surface area contributed by atoms with Gasteiger partial charge in [0.25, 0.3) is 5.69 Å². The summed E-state index contributed by atoms with van der Waals surface area (Å²) in [5, 5.41) is 10.6. The number of hydrogen-bond acceptors (Lipinski definition) is 4. The van der Waals surface area contributed by atoms with Crippen LogP contribution in [-0.2, 0) is 16.0 Å². The summed E-state index contributed by atoms with van der Waals surface area (Å²) >= 11 is 1.88. The van der Waals surface area contributed by atoms with Crippen LogP contribution in [0.2, 0.25) is 0 Å². The Morgan fingerprint density at radius 3 is 2.80 bits per heavy atom. The minimum Gasteiger partial charge on any atom is -0.469 e. The van der Waals surface area contributed by atoms with Crippen LogP contribution in [0.4, 0.5) is 5.69 Å². The van der Waals surface area contributed by atoms with E-state index in [-0.39, 0.29) is 12.1 Å². The quantitative estimate of drug-likeness (QED) is 0.369. The first-order valence-corrected chi connectivity index (χ1v) is 5.12. The Bertz CT molecular complexity index is 405. The lowest BCUT2D eigenvalue weighted by Gasteiger charge is -2.01. The Kier molecular flexibility index (Phi) is 4.01. The second-order valence-electron chi connectivity index (χ2n) is 2.80. The van der Waals surface area contributed by atoms with Crippen molar-refractivity contribution < 1.29 is 14.5 Å². The van der Waals surface area contributed by atoms with Gasteiger partial charge < -0.3 is 4.74 Å². The number of nitro benzene ring substituents is 1. The largest absolute Gasteiger partial charge is 0.469 e. The van der Waals surface area contributed by atoms with Crippen LogP contribution in [0.25, 0.3) is 0 Å². The van der Waals surface area contributed by atoms with E-state index in [0.717, 1.165) is 0 Å². The van der Waals surface area contributed by atoms with Gasteiger partial charge in [-0.1, -0.05) is 6.07 Å². The van der Waals surface area contributed by atoms with Gasteiger partial charge in [0.15, 0.2) is 0 Å². The number of hydrogen-bond donors (Lipinski definition) is 0. The average molecular weight is 321 g/mol. The van der Waals surface area contributed by atoms with Crippen LogP contribution in [0.1, 0.15) is 5.56 Å². The Morgan fingerprint density at radius 1 is 1.60 bits per heavy atom. The predicted octanol–water partition coefficient (Wildman–Crippen LogP) is 1.91. The van der Waals surface area contributed by atoms with Crippen LogP contribution in [-0.4, -0.2) is 18.0 Å². The molecule has 0 bridgehead atoms. The topological polar surface area (TPSA) is 69.4 Å².